The minimum Gasteiger partial charge on any atom is -0.462 e. The van der Waals surface area contributed by atoms with E-state index < -0.39 is 97.5 Å². The minimum atomic E-state index is -4.97. The lowest BCUT2D eigenvalue weighted by molar-refractivity contribution is -0.161. The van der Waals surface area contributed by atoms with Gasteiger partial charge in [0.15, 0.2) is 12.2 Å². The van der Waals surface area contributed by atoms with Gasteiger partial charge in [0.25, 0.3) is 0 Å². The van der Waals surface area contributed by atoms with E-state index in [0.717, 1.165) is 89.9 Å². The van der Waals surface area contributed by atoms with Crippen LogP contribution in [0.5, 0.6) is 0 Å². The average Bonchev–Trinajstić information content (AvgIpc) is 0.904. The Morgan fingerprint density at radius 1 is 0.212 bits per heavy atom. The first-order valence-electron chi connectivity index (χ1n) is 48.8. The van der Waals surface area contributed by atoms with Crippen molar-refractivity contribution in [1.82, 2.24) is 0 Å². The largest absolute Gasteiger partial charge is 0.472 e. The van der Waals surface area contributed by atoms with Crippen molar-refractivity contribution in [3.05, 3.63) is 0 Å². The predicted molar refractivity (Wildman–Crippen MR) is 469 cm³/mol. The lowest BCUT2D eigenvalue weighted by atomic mass is 10.0. The molecule has 0 aromatic rings. The van der Waals surface area contributed by atoms with E-state index in [1.54, 1.807) is 0 Å². The standard InChI is InChI=1S/C94H184O17P2/c1-5-9-13-17-21-25-29-33-36-39-42-44-45-47-50-53-57-61-65-69-73-77-81-94(99)111-90(85-105-92(97)79-75-71-67-63-59-55-51-49-46-43-40-37-34-30-26-22-18-14-10-6-2)87-109-113(102,103)107-83-88(95)82-106-112(100,101)108-86-89(84-104-91(96)78-74-70-66-62-58-54-32-28-24-20-16-12-8-4)110-93(98)80-76-72-68-64-60-56-52-48-41-38-35-31-27-23-19-15-11-7-3/h88-90,95H,5-87H2,1-4H3,(H,100,101)(H,102,103)/t88-,89+,90+/m0/s1. The zero-order valence-corrected chi connectivity index (χ0v) is 76.2. The molecule has 0 saturated heterocycles. The molecular weight excluding hydrogens is 1460 g/mol. The molecule has 0 bridgehead atoms. The second-order valence-corrected chi connectivity index (χ2v) is 36.7. The molecule has 0 aromatic carbocycles. The van der Waals surface area contributed by atoms with Gasteiger partial charge in [-0.05, 0) is 25.7 Å². The van der Waals surface area contributed by atoms with Crippen LogP contribution < -0.4 is 0 Å². The fraction of sp³-hybridized carbons (Fsp3) is 0.957. The van der Waals surface area contributed by atoms with Gasteiger partial charge in [0, 0.05) is 25.7 Å². The maximum absolute atomic E-state index is 13.2. The van der Waals surface area contributed by atoms with Crippen LogP contribution in [0.25, 0.3) is 0 Å². The molecule has 0 aromatic heterocycles. The van der Waals surface area contributed by atoms with Crippen molar-refractivity contribution >= 4 is 39.5 Å². The first kappa shape index (κ1) is 111. The van der Waals surface area contributed by atoms with Crippen LogP contribution in [0, 0.1) is 0 Å². The molecule has 0 aliphatic rings. The van der Waals surface area contributed by atoms with Crippen molar-refractivity contribution in [2.24, 2.45) is 0 Å². The molecule has 5 atom stereocenters. The molecule has 672 valence electrons. The summed E-state index contributed by atoms with van der Waals surface area (Å²) in [6.45, 7) is 5.11. The number of hydrogen-bond acceptors (Lipinski definition) is 15. The minimum absolute atomic E-state index is 0.110. The van der Waals surface area contributed by atoms with Gasteiger partial charge in [0.05, 0.1) is 26.4 Å². The molecule has 0 rings (SSSR count). The van der Waals surface area contributed by atoms with Crippen molar-refractivity contribution in [2.75, 3.05) is 39.6 Å². The van der Waals surface area contributed by atoms with Gasteiger partial charge in [-0.3, -0.25) is 37.3 Å². The maximum atomic E-state index is 13.2. The number of aliphatic hydroxyl groups is 1. The number of phosphoric acid groups is 2. The number of aliphatic hydroxyl groups excluding tert-OH is 1. The first-order chi connectivity index (χ1) is 55.2. The molecule has 0 spiro atoms. The van der Waals surface area contributed by atoms with Crippen molar-refractivity contribution in [3.8, 4) is 0 Å². The van der Waals surface area contributed by atoms with Gasteiger partial charge >= 0.3 is 39.5 Å². The Bertz CT molecular complexity index is 2120. The Kier molecular flexibility index (Phi) is 86.4. The highest BCUT2D eigenvalue weighted by molar-refractivity contribution is 7.47. The first-order valence-corrected chi connectivity index (χ1v) is 51.8. The Balaban J connectivity index is 5.25. The van der Waals surface area contributed by atoms with E-state index in [0.29, 0.717) is 25.7 Å². The summed E-state index contributed by atoms with van der Waals surface area (Å²) < 4.78 is 69.2. The van der Waals surface area contributed by atoms with Gasteiger partial charge in [-0.15, -0.1) is 0 Å². The third-order valence-corrected chi connectivity index (χ3v) is 24.3. The SMILES string of the molecule is CCCCCCCCCCCCCCCCCCCCCCCCC(=O)O[C@H](COC(=O)CCCCCCCCCCCCCCCCCCCCCC)COP(=O)(O)OC[C@@H](O)COP(=O)(O)OC[C@@H](COC(=O)CCCCCCCCCCCCCCC)OC(=O)CCCCCCCCCCCCCCCCCCCC. The molecule has 19 heteroatoms. The molecule has 2 unspecified atom stereocenters. The van der Waals surface area contributed by atoms with Gasteiger partial charge in [-0.25, -0.2) is 9.13 Å². The van der Waals surface area contributed by atoms with Crippen molar-refractivity contribution < 1.29 is 80.2 Å². The van der Waals surface area contributed by atoms with Crippen LogP contribution in [0.15, 0.2) is 0 Å². The van der Waals surface area contributed by atoms with Crippen LogP contribution in [-0.4, -0.2) is 96.7 Å². The zero-order valence-electron chi connectivity index (χ0n) is 74.4. The molecule has 0 aliphatic carbocycles. The van der Waals surface area contributed by atoms with Crippen LogP contribution in [0.3, 0.4) is 0 Å². The maximum Gasteiger partial charge on any atom is 0.472 e. The normalized spacial score (nSPS) is 13.6. The lowest BCUT2D eigenvalue weighted by Crippen LogP contribution is -2.30. The second kappa shape index (κ2) is 87.9. The van der Waals surface area contributed by atoms with Crippen LogP contribution in [0.2, 0.25) is 0 Å². The summed E-state index contributed by atoms with van der Waals surface area (Å²) >= 11 is 0. The number of hydrogen-bond donors (Lipinski definition) is 3. The summed E-state index contributed by atoms with van der Waals surface area (Å²) in [5.74, 6) is -2.09. The van der Waals surface area contributed by atoms with E-state index >= 15 is 0 Å². The van der Waals surface area contributed by atoms with E-state index in [1.807, 2.05) is 0 Å². The fourth-order valence-electron chi connectivity index (χ4n) is 14.9. The summed E-state index contributed by atoms with van der Waals surface area (Å²) in [5.41, 5.74) is 0. The highest BCUT2D eigenvalue weighted by Crippen LogP contribution is 2.45. The molecule has 113 heavy (non-hydrogen) atoms. The summed E-state index contributed by atoms with van der Waals surface area (Å²) in [4.78, 5) is 73.5. The number of ether oxygens (including phenoxy) is 4. The quantitative estimate of drug-likeness (QED) is 0.0222. The van der Waals surface area contributed by atoms with Crippen molar-refractivity contribution in [2.45, 2.75) is 540 Å². The third kappa shape index (κ3) is 87.7. The van der Waals surface area contributed by atoms with E-state index in [2.05, 4.69) is 27.7 Å². The van der Waals surface area contributed by atoms with E-state index in [1.165, 1.54) is 353 Å². The summed E-state index contributed by atoms with van der Waals surface area (Å²) in [6.07, 6.45) is 86.2. The predicted octanol–water partition coefficient (Wildman–Crippen LogP) is 29.6. The highest BCUT2D eigenvalue weighted by Gasteiger charge is 2.31. The number of carbonyl (C=O) groups excluding carboxylic acids is 4. The molecular formula is C94H184O17P2. The topological polar surface area (TPSA) is 237 Å². The molecule has 0 saturated carbocycles. The number of rotatable bonds is 95. The Morgan fingerprint density at radius 3 is 0.522 bits per heavy atom. The monoisotopic (exact) mass is 1650 g/mol. The third-order valence-electron chi connectivity index (χ3n) is 22.4. The second-order valence-electron chi connectivity index (χ2n) is 33.8. The number of esters is 4. The lowest BCUT2D eigenvalue weighted by Gasteiger charge is -2.21. The smallest absolute Gasteiger partial charge is 0.462 e. The van der Waals surface area contributed by atoms with Gasteiger partial charge in [0.1, 0.15) is 19.3 Å². The molecule has 0 radical (unpaired) electrons. The van der Waals surface area contributed by atoms with E-state index in [4.69, 9.17) is 37.0 Å². The molecule has 0 heterocycles. The van der Waals surface area contributed by atoms with Crippen molar-refractivity contribution in [1.29, 1.82) is 0 Å². The van der Waals surface area contributed by atoms with Crippen LogP contribution in [0.4, 0.5) is 0 Å². The van der Waals surface area contributed by atoms with E-state index in [9.17, 15) is 43.2 Å². The Morgan fingerprint density at radius 2 is 0.354 bits per heavy atom. The van der Waals surface area contributed by atoms with Gasteiger partial charge < -0.3 is 33.8 Å². The summed E-state index contributed by atoms with van der Waals surface area (Å²) in [5, 5.41) is 10.7. The van der Waals surface area contributed by atoms with Gasteiger partial charge in [-0.2, -0.15) is 0 Å². The zero-order chi connectivity index (χ0) is 82.4. The molecule has 3 N–H and O–H groups in total. The number of unbranched alkanes of at least 4 members (excludes halogenated alkanes) is 69. The average molecular weight is 1650 g/mol. The molecule has 17 nitrogen and oxygen atoms in total. The molecule has 0 fully saturated rings. The van der Waals surface area contributed by atoms with Gasteiger partial charge in [-0.1, -0.05) is 471 Å². The summed E-state index contributed by atoms with van der Waals surface area (Å²) in [7, 11) is -9.94. The van der Waals surface area contributed by atoms with Crippen LogP contribution in [-0.2, 0) is 65.4 Å². The molecule has 0 amide bonds. The summed E-state index contributed by atoms with van der Waals surface area (Å²) in [6, 6.07) is 0. The van der Waals surface area contributed by atoms with Crippen LogP contribution in [0.1, 0.15) is 522 Å². The molecule has 0 aliphatic heterocycles. The van der Waals surface area contributed by atoms with E-state index in [-0.39, 0.29) is 25.7 Å². The fourth-order valence-corrected chi connectivity index (χ4v) is 16.5. The van der Waals surface area contributed by atoms with Crippen molar-refractivity contribution in [3.63, 3.8) is 0 Å². The highest BCUT2D eigenvalue weighted by atomic mass is 31.2. The van der Waals surface area contributed by atoms with Gasteiger partial charge in [0.2, 0.25) is 0 Å². The Hall–Kier alpha value is -1.94. The van der Waals surface area contributed by atoms with Crippen LogP contribution >= 0.6 is 15.6 Å². The number of carbonyl (C=O) groups is 4. The Labute approximate surface area is 696 Å². The number of phosphoric ester groups is 2.